The van der Waals surface area contributed by atoms with E-state index in [2.05, 4.69) is 4.72 Å². The Morgan fingerprint density at radius 1 is 1.36 bits per heavy atom. The van der Waals surface area contributed by atoms with E-state index in [1.54, 1.807) is 0 Å². The SMILES string of the molecule is NCCOCCCNS(=O)(=O)C1CC1. The predicted octanol–water partition coefficient (Wildman–Crippen LogP) is -0.566. The third-order valence-corrected chi connectivity index (χ3v) is 3.95. The highest BCUT2D eigenvalue weighted by atomic mass is 32.2. The zero-order valence-corrected chi connectivity index (χ0v) is 9.05. The Bertz CT molecular complexity index is 249. The molecule has 0 amide bonds. The van der Waals surface area contributed by atoms with Crippen LogP contribution in [0.3, 0.4) is 0 Å². The summed E-state index contributed by atoms with van der Waals surface area (Å²) in [5, 5.41) is -0.132. The van der Waals surface area contributed by atoms with Crippen molar-refractivity contribution in [3.05, 3.63) is 0 Å². The molecule has 0 aromatic rings. The van der Waals surface area contributed by atoms with Crippen molar-refractivity contribution in [2.75, 3.05) is 26.3 Å². The number of hydrogen-bond donors (Lipinski definition) is 2. The summed E-state index contributed by atoms with van der Waals surface area (Å²) in [5.74, 6) is 0. The molecule has 84 valence electrons. The highest BCUT2D eigenvalue weighted by Gasteiger charge is 2.34. The van der Waals surface area contributed by atoms with Gasteiger partial charge in [-0.1, -0.05) is 0 Å². The second-order valence-corrected chi connectivity index (χ2v) is 5.44. The minimum atomic E-state index is -3.01. The van der Waals surface area contributed by atoms with Crippen molar-refractivity contribution in [2.24, 2.45) is 5.73 Å². The monoisotopic (exact) mass is 222 g/mol. The maximum atomic E-state index is 11.3. The molecule has 0 atom stereocenters. The number of sulfonamides is 1. The first-order chi connectivity index (χ1) is 6.67. The van der Waals surface area contributed by atoms with Crippen molar-refractivity contribution < 1.29 is 13.2 Å². The maximum absolute atomic E-state index is 11.3. The summed E-state index contributed by atoms with van der Waals surface area (Å²) < 4.78 is 30.3. The lowest BCUT2D eigenvalue weighted by Crippen LogP contribution is -2.28. The quantitative estimate of drug-likeness (QED) is 0.539. The molecule has 1 saturated carbocycles. The zero-order valence-electron chi connectivity index (χ0n) is 8.24. The van der Waals surface area contributed by atoms with E-state index >= 15 is 0 Å². The molecule has 1 aliphatic carbocycles. The van der Waals surface area contributed by atoms with Gasteiger partial charge in [0.25, 0.3) is 0 Å². The lowest BCUT2D eigenvalue weighted by atomic mass is 10.5. The van der Waals surface area contributed by atoms with Crippen LogP contribution in [0.1, 0.15) is 19.3 Å². The number of rotatable bonds is 8. The Labute approximate surface area is 85.1 Å². The third-order valence-electron chi connectivity index (χ3n) is 1.99. The fourth-order valence-corrected chi connectivity index (χ4v) is 2.49. The van der Waals surface area contributed by atoms with Crippen molar-refractivity contribution >= 4 is 10.0 Å². The Morgan fingerprint density at radius 2 is 2.07 bits per heavy atom. The number of nitrogens with two attached hydrogens (primary N) is 1. The van der Waals surface area contributed by atoms with Gasteiger partial charge in [-0.25, -0.2) is 13.1 Å². The molecule has 5 nitrogen and oxygen atoms in total. The van der Waals surface area contributed by atoms with E-state index in [0.717, 1.165) is 12.8 Å². The Morgan fingerprint density at radius 3 is 2.64 bits per heavy atom. The molecule has 1 aliphatic rings. The standard InChI is InChI=1S/C8H18N2O3S/c9-4-7-13-6-1-5-10-14(11,12)8-2-3-8/h8,10H,1-7,9H2. The normalized spacial score (nSPS) is 17.2. The molecule has 0 heterocycles. The van der Waals surface area contributed by atoms with Gasteiger partial charge in [0.2, 0.25) is 10.0 Å². The van der Waals surface area contributed by atoms with Crippen molar-refractivity contribution in [1.82, 2.24) is 4.72 Å². The van der Waals surface area contributed by atoms with Crippen molar-refractivity contribution in [3.63, 3.8) is 0 Å². The molecule has 0 saturated heterocycles. The van der Waals surface area contributed by atoms with Gasteiger partial charge in [-0.3, -0.25) is 0 Å². The summed E-state index contributed by atoms with van der Waals surface area (Å²) in [6, 6.07) is 0. The van der Waals surface area contributed by atoms with Gasteiger partial charge in [-0.2, -0.15) is 0 Å². The molecule has 0 radical (unpaired) electrons. The van der Waals surface area contributed by atoms with Gasteiger partial charge in [0.15, 0.2) is 0 Å². The van der Waals surface area contributed by atoms with Gasteiger partial charge in [-0.05, 0) is 19.3 Å². The lowest BCUT2D eigenvalue weighted by Gasteiger charge is -2.05. The molecule has 0 spiro atoms. The molecular formula is C8H18N2O3S. The molecule has 0 unspecified atom stereocenters. The number of hydrogen-bond acceptors (Lipinski definition) is 4. The van der Waals surface area contributed by atoms with Gasteiger partial charge >= 0.3 is 0 Å². The van der Waals surface area contributed by atoms with Crippen LogP contribution >= 0.6 is 0 Å². The summed E-state index contributed by atoms with van der Waals surface area (Å²) in [7, 11) is -3.01. The minimum absolute atomic E-state index is 0.132. The van der Waals surface area contributed by atoms with Crippen LogP contribution < -0.4 is 10.5 Å². The van der Waals surface area contributed by atoms with E-state index in [4.69, 9.17) is 10.5 Å². The van der Waals surface area contributed by atoms with Gasteiger partial charge in [-0.15, -0.1) is 0 Å². The fourth-order valence-electron chi connectivity index (χ4n) is 1.07. The first-order valence-electron chi connectivity index (χ1n) is 4.93. The number of ether oxygens (including phenoxy) is 1. The number of nitrogens with one attached hydrogen (secondary N) is 1. The van der Waals surface area contributed by atoms with Crippen LogP contribution in [-0.4, -0.2) is 40.0 Å². The van der Waals surface area contributed by atoms with Crippen LogP contribution in [-0.2, 0) is 14.8 Å². The van der Waals surface area contributed by atoms with E-state index in [1.807, 2.05) is 0 Å². The molecule has 0 aromatic carbocycles. The van der Waals surface area contributed by atoms with E-state index < -0.39 is 10.0 Å². The Kier molecular flexibility index (Phi) is 4.80. The summed E-state index contributed by atoms with van der Waals surface area (Å²) in [6.07, 6.45) is 2.31. The third kappa shape index (κ3) is 4.36. The summed E-state index contributed by atoms with van der Waals surface area (Å²) in [4.78, 5) is 0. The molecular weight excluding hydrogens is 204 g/mol. The summed E-state index contributed by atoms with van der Waals surface area (Å²) in [6.45, 7) is 2.07. The molecule has 3 N–H and O–H groups in total. The fraction of sp³-hybridized carbons (Fsp3) is 1.00. The first-order valence-corrected chi connectivity index (χ1v) is 6.48. The van der Waals surface area contributed by atoms with Crippen LogP contribution in [0.5, 0.6) is 0 Å². The summed E-state index contributed by atoms with van der Waals surface area (Å²) >= 11 is 0. The average molecular weight is 222 g/mol. The predicted molar refractivity (Wildman–Crippen MR) is 54.4 cm³/mol. The second kappa shape index (κ2) is 5.65. The second-order valence-electron chi connectivity index (χ2n) is 3.39. The van der Waals surface area contributed by atoms with Crippen molar-refractivity contribution in [1.29, 1.82) is 0 Å². The maximum Gasteiger partial charge on any atom is 0.214 e. The van der Waals surface area contributed by atoms with Gasteiger partial charge in [0.05, 0.1) is 11.9 Å². The minimum Gasteiger partial charge on any atom is -0.380 e. The zero-order chi connectivity index (χ0) is 10.4. The van der Waals surface area contributed by atoms with Crippen LogP contribution in [0.4, 0.5) is 0 Å². The smallest absolute Gasteiger partial charge is 0.214 e. The van der Waals surface area contributed by atoms with E-state index in [9.17, 15) is 8.42 Å². The van der Waals surface area contributed by atoms with Gasteiger partial charge < -0.3 is 10.5 Å². The lowest BCUT2D eigenvalue weighted by molar-refractivity contribution is 0.140. The molecule has 0 aliphatic heterocycles. The highest BCUT2D eigenvalue weighted by Crippen LogP contribution is 2.27. The van der Waals surface area contributed by atoms with Crippen LogP contribution in [0.2, 0.25) is 0 Å². The largest absolute Gasteiger partial charge is 0.380 e. The molecule has 0 bridgehead atoms. The van der Waals surface area contributed by atoms with Crippen LogP contribution in [0, 0.1) is 0 Å². The van der Waals surface area contributed by atoms with E-state index in [1.165, 1.54) is 0 Å². The van der Waals surface area contributed by atoms with E-state index in [0.29, 0.717) is 32.7 Å². The van der Waals surface area contributed by atoms with E-state index in [-0.39, 0.29) is 5.25 Å². The summed E-state index contributed by atoms with van der Waals surface area (Å²) in [5.41, 5.74) is 5.22. The van der Waals surface area contributed by atoms with Crippen molar-refractivity contribution in [3.8, 4) is 0 Å². The molecule has 0 aromatic heterocycles. The Balaban J connectivity index is 1.98. The van der Waals surface area contributed by atoms with Gasteiger partial charge in [0.1, 0.15) is 0 Å². The molecule has 1 rings (SSSR count). The molecule has 1 fully saturated rings. The topological polar surface area (TPSA) is 81.4 Å². The average Bonchev–Trinajstić information content (AvgIpc) is 2.94. The molecule has 6 heteroatoms. The van der Waals surface area contributed by atoms with Crippen LogP contribution in [0.15, 0.2) is 0 Å². The van der Waals surface area contributed by atoms with Gasteiger partial charge in [0, 0.05) is 19.7 Å². The van der Waals surface area contributed by atoms with Crippen LogP contribution in [0.25, 0.3) is 0 Å². The first kappa shape index (κ1) is 11.9. The van der Waals surface area contributed by atoms with Crippen molar-refractivity contribution in [2.45, 2.75) is 24.5 Å². The Hall–Kier alpha value is -0.170. The highest BCUT2D eigenvalue weighted by molar-refractivity contribution is 7.90. The molecule has 14 heavy (non-hydrogen) atoms.